The van der Waals surface area contributed by atoms with E-state index in [1.807, 2.05) is 0 Å². The summed E-state index contributed by atoms with van der Waals surface area (Å²) in [6, 6.07) is 9.43. The van der Waals surface area contributed by atoms with Gasteiger partial charge in [0.1, 0.15) is 0 Å². The molecule has 0 aliphatic heterocycles. The van der Waals surface area contributed by atoms with Gasteiger partial charge in [-0.2, -0.15) is 0 Å². The Morgan fingerprint density at radius 2 is 1.85 bits per heavy atom. The quantitative estimate of drug-likeness (QED) is 0.491. The van der Waals surface area contributed by atoms with E-state index in [0.717, 1.165) is 3.97 Å². The molecule has 0 unspecified atom stereocenters. The fourth-order valence-electron chi connectivity index (χ4n) is 2.39. The summed E-state index contributed by atoms with van der Waals surface area (Å²) in [6.07, 6.45) is 4.25. The molecule has 134 valence electrons. The van der Waals surface area contributed by atoms with Gasteiger partial charge in [0, 0.05) is 38.0 Å². The number of nitrogens with zero attached hydrogens (tertiary/aromatic N) is 4. The van der Waals surface area contributed by atoms with E-state index in [1.54, 1.807) is 43.4 Å². The lowest BCUT2D eigenvalue weighted by atomic mass is 10.1. The third-order valence-electron chi connectivity index (χ3n) is 3.60. The highest BCUT2D eigenvalue weighted by molar-refractivity contribution is 7.90. The second-order valence-corrected chi connectivity index (χ2v) is 7.85. The fraction of sp³-hybridized carbons (Fsp3) is 0.118. The van der Waals surface area contributed by atoms with E-state index in [1.165, 1.54) is 30.5 Å². The number of benzene rings is 1. The van der Waals surface area contributed by atoms with Crippen LogP contribution >= 0.6 is 11.6 Å². The van der Waals surface area contributed by atoms with E-state index in [9.17, 15) is 13.2 Å². The summed E-state index contributed by atoms with van der Waals surface area (Å²) in [6.45, 7) is 0. The van der Waals surface area contributed by atoms with Crippen LogP contribution in [0.1, 0.15) is 10.4 Å². The minimum Gasteiger partial charge on any atom is -0.383 e. The van der Waals surface area contributed by atoms with Crippen LogP contribution in [0.2, 0.25) is 5.15 Å². The molecule has 7 nitrogen and oxygen atoms in total. The van der Waals surface area contributed by atoms with Crippen molar-refractivity contribution in [1.29, 1.82) is 0 Å². The van der Waals surface area contributed by atoms with Gasteiger partial charge in [0.2, 0.25) is 0 Å². The van der Waals surface area contributed by atoms with Crippen LogP contribution < -0.4 is 0 Å². The van der Waals surface area contributed by atoms with Crippen LogP contribution in [0.15, 0.2) is 59.8 Å². The van der Waals surface area contributed by atoms with E-state index >= 15 is 0 Å². The molecule has 3 rings (SSSR count). The van der Waals surface area contributed by atoms with Crippen molar-refractivity contribution in [3.8, 4) is 0 Å². The molecule has 0 aliphatic carbocycles. The lowest BCUT2D eigenvalue weighted by Gasteiger charge is -2.08. The van der Waals surface area contributed by atoms with E-state index in [-0.39, 0.29) is 21.3 Å². The summed E-state index contributed by atoms with van der Waals surface area (Å²) in [5, 5.41) is 7.88. The van der Waals surface area contributed by atoms with Crippen LogP contribution in [0.3, 0.4) is 0 Å². The molecule has 0 bridgehead atoms. The van der Waals surface area contributed by atoms with Gasteiger partial charge in [0.15, 0.2) is 16.6 Å². The van der Waals surface area contributed by atoms with Gasteiger partial charge in [-0.1, -0.05) is 29.8 Å². The largest absolute Gasteiger partial charge is 0.383 e. The molecule has 0 spiro atoms. The number of ketones is 1. The highest BCUT2D eigenvalue weighted by Crippen LogP contribution is 2.27. The molecule has 0 aliphatic rings. The number of halogens is 1. The smallest absolute Gasteiger partial charge is 0.269 e. The van der Waals surface area contributed by atoms with Crippen molar-refractivity contribution in [3.05, 3.63) is 65.6 Å². The number of carbonyl (C=O) groups excluding carboxylic acids is 1. The van der Waals surface area contributed by atoms with Crippen LogP contribution in [-0.2, 0) is 10.0 Å². The maximum absolute atomic E-state index is 12.8. The van der Waals surface area contributed by atoms with Gasteiger partial charge >= 0.3 is 0 Å². The lowest BCUT2D eigenvalue weighted by molar-refractivity contribution is 0.104. The average Bonchev–Trinajstić information content (AvgIpc) is 3.05. The summed E-state index contributed by atoms with van der Waals surface area (Å²) in [5.41, 5.74) is 0.150. The van der Waals surface area contributed by atoms with Gasteiger partial charge in [-0.3, -0.25) is 4.79 Å². The maximum Gasteiger partial charge on any atom is 0.269 e. The van der Waals surface area contributed by atoms with Crippen molar-refractivity contribution in [3.63, 3.8) is 0 Å². The number of carbonyl (C=O) groups is 1. The highest BCUT2D eigenvalue weighted by Gasteiger charge is 2.23. The van der Waals surface area contributed by atoms with Gasteiger partial charge in [-0.15, -0.1) is 10.2 Å². The molecule has 0 fully saturated rings. The molecule has 0 radical (unpaired) electrons. The molecule has 0 saturated carbocycles. The number of rotatable bonds is 5. The molecule has 9 heteroatoms. The lowest BCUT2D eigenvalue weighted by Crippen LogP contribution is -2.13. The summed E-state index contributed by atoms with van der Waals surface area (Å²) < 4.78 is 26.7. The molecule has 2 aromatic heterocycles. The van der Waals surface area contributed by atoms with Crippen molar-refractivity contribution < 1.29 is 13.2 Å². The highest BCUT2D eigenvalue weighted by atomic mass is 35.5. The first-order chi connectivity index (χ1) is 12.3. The SMILES string of the molecule is CN(C)C=CC(=O)c1c(Cl)nnc2c1ccn2S(=O)(=O)c1ccccc1. The predicted octanol–water partition coefficient (Wildman–Crippen LogP) is 2.58. The molecule has 2 heterocycles. The zero-order valence-corrected chi connectivity index (χ0v) is 15.6. The first-order valence-corrected chi connectivity index (χ1v) is 9.37. The van der Waals surface area contributed by atoms with Crippen molar-refractivity contribution in [1.82, 2.24) is 19.1 Å². The second-order valence-electron chi connectivity index (χ2n) is 5.68. The number of aromatic nitrogens is 3. The summed E-state index contributed by atoms with van der Waals surface area (Å²) in [5.74, 6) is -0.390. The molecule has 1 aromatic carbocycles. The summed E-state index contributed by atoms with van der Waals surface area (Å²) >= 11 is 6.05. The van der Waals surface area contributed by atoms with Gasteiger partial charge in [0.25, 0.3) is 10.0 Å². The van der Waals surface area contributed by atoms with Gasteiger partial charge < -0.3 is 4.90 Å². The Bertz CT molecular complexity index is 1110. The topological polar surface area (TPSA) is 85.2 Å². The number of hydrogen-bond acceptors (Lipinski definition) is 6. The molecular formula is C17H15ClN4O3S. The van der Waals surface area contributed by atoms with E-state index in [4.69, 9.17) is 11.6 Å². The minimum absolute atomic E-state index is 0.0415. The second kappa shape index (κ2) is 6.89. The molecule has 26 heavy (non-hydrogen) atoms. The van der Waals surface area contributed by atoms with Crippen LogP contribution in [0, 0.1) is 0 Å². The minimum atomic E-state index is -3.87. The number of fused-ring (bicyclic) bond motifs is 1. The van der Waals surface area contributed by atoms with Crippen LogP contribution in [0.25, 0.3) is 11.0 Å². The standard InChI is InChI=1S/C17H15ClN4O3S/c1-21(2)10-9-14(23)15-13-8-11-22(17(13)20-19-16(15)18)26(24,25)12-6-4-3-5-7-12/h3-11H,1-2H3. The van der Waals surface area contributed by atoms with Crippen molar-refractivity contribution in [2.24, 2.45) is 0 Å². The van der Waals surface area contributed by atoms with Gasteiger partial charge in [-0.25, -0.2) is 12.4 Å². The van der Waals surface area contributed by atoms with Gasteiger partial charge in [-0.05, 0) is 18.2 Å². The summed E-state index contributed by atoms with van der Waals surface area (Å²) in [7, 11) is -0.325. The molecular weight excluding hydrogens is 376 g/mol. The third kappa shape index (κ3) is 3.21. The Morgan fingerprint density at radius 1 is 1.15 bits per heavy atom. The Balaban J connectivity index is 2.18. The molecule has 0 N–H and O–H groups in total. The molecule has 0 atom stereocenters. The number of hydrogen-bond donors (Lipinski definition) is 0. The van der Waals surface area contributed by atoms with E-state index < -0.39 is 15.8 Å². The molecule has 0 amide bonds. The Kier molecular flexibility index (Phi) is 4.80. The Hall–Kier alpha value is -2.71. The Labute approximate surface area is 155 Å². The zero-order chi connectivity index (χ0) is 18.9. The predicted molar refractivity (Wildman–Crippen MR) is 98.7 cm³/mol. The van der Waals surface area contributed by atoms with Crippen molar-refractivity contribution in [2.75, 3.05) is 14.1 Å². The first kappa shape index (κ1) is 18.1. The van der Waals surface area contributed by atoms with Crippen LogP contribution in [0.4, 0.5) is 0 Å². The van der Waals surface area contributed by atoms with Crippen LogP contribution in [0.5, 0.6) is 0 Å². The first-order valence-electron chi connectivity index (χ1n) is 7.55. The van der Waals surface area contributed by atoms with E-state index in [0.29, 0.717) is 5.39 Å². The van der Waals surface area contributed by atoms with Crippen LogP contribution in [-0.4, -0.2) is 47.4 Å². The summed E-state index contributed by atoms with van der Waals surface area (Å²) in [4.78, 5) is 14.3. The zero-order valence-electron chi connectivity index (χ0n) is 14.0. The molecule has 0 saturated heterocycles. The Morgan fingerprint density at radius 3 is 2.50 bits per heavy atom. The number of allylic oxidation sites excluding steroid dienone is 1. The third-order valence-corrected chi connectivity index (χ3v) is 5.55. The normalized spacial score (nSPS) is 12.0. The van der Waals surface area contributed by atoms with E-state index in [2.05, 4.69) is 10.2 Å². The maximum atomic E-state index is 12.8. The monoisotopic (exact) mass is 390 g/mol. The van der Waals surface area contributed by atoms with Crippen molar-refractivity contribution >= 4 is 38.4 Å². The average molecular weight is 391 g/mol. The molecule has 3 aromatic rings. The fourth-order valence-corrected chi connectivity index (χ4v) is 3.93. The van der Waals surface area contributed by atoms with Crippen molar-refractivity contribution in [2.45, 2.75) is 4.90 Å². The van der Waals surface area contributed by atoms with Gasteiger partial charge in [0.05, 0.1) is 10.5 Å².